The van der Waals surface area contributed by atoms with Crippen molar-refractivity contribution in [2.75, 3.05) is 20.8 Å². The van der Waals surface area contributed by atoms with Crippen LogP contribution in [0.15, 0.2) is 0 Å². The quantitative estimate of drug-likeness (QED) is 0.752. The first-order valence-electron chi connectivity index (χ1n) is 6.80. The normalized spacial score (nSPS) is 24.0. The maximum atomic E-state index is 5.20. The minimum Gasteiger partial charge on any atom is -0.385 e. The topological polar surface area (TPSA) is 21.3 Å². The minimum atomic E-state index is 0.500. The van der Waals surface area contributed by atoms with Gasteiger partial charge in [0.05, 0.1) is 0 Å². The summed E-state index contributed by atoms with van der Waals surface area (Å²) in [6, 6.07) is 0.642. The molecule has 1 aliphatic carbocycles. The lowest BCUT2D eigenvalue weighted by Crippen LogP contribution is -2.47. The summed E-state index contributed by atoms with van der Waals surface area (Å²) in [6.45, 7) is 5.71. The van der Waals surface area contributed by atoms with E-state index in [4.69, 9.17) is 4.74 Å². The summed E-state index contributed by atoms with van der Waals surface area (Å²) in [5.74, 6) is 0.702. The number of rotatable bonds is 6. The summed E-state index contributed by atoms with van der Waals surface area (Å²) in [4.78, 5) is 0. The predicted molar refractivity (Wildman–Crippen MR) is 69.7 cm³/mol. The van der Waals surface area contributed by atoms with E-state index in [0.29, 0.717) is 17.4 Å². The van der Waals surface area contributed by atoms with Crippen LogP contribution in [0.1, 0.15) is 52.4 Å². The predicted octanol–water partition coefficient (Wildman–Crippen LogP) is 3.22. The van der Waals surface area contributed by atoms with Crippen molar-refractivity contribution in [2.45, 2.75) is 58.4 Å². The van der Waals surface area contributed by atoms with Gasteiger partial charge in [-0.1, -0.05) is 33.1 Å². The maximum absolute atomic E-state index is 5.20. The Labute approximate surface area is 101 Å². The molecule has 2 nitrogen and oxygen atoms in total. The number of hydrogen-bond donors (Lipinski definition) is 1. The van der Waals surface area contributed by atoms with Crippen LogP contribution < -0.4 is 5.32 Å². The van der Waals surface area contributed by atoms with E-state index in [1.165, 1.54) is 32.1 Å². The van der Waals surface area contributed by atoms with Crippen LogP contribution in [0, 0.1) is 11.3 Å². The Balaban J connectivity index is 2.56. The van der Waals surface area contributed by atoms with Crippen molar-refractivity contribution >= 4 is 0 Å². The highest BCUT2D eigenvalue weighted by Gasteiger charge is 2.37. The second kappa shape index (κ2) is 6.61. The molecule has 96 valence electrons. The summed E-state index contributed by atoms with van der Waals surface area (Å²) < 4.78 is 5.20. The van der Waals surface area contributed by atoms with Gasteiger partial charge in [0.1, 0.15) is 0 Å². The van der Waals surface area contributed by atoms with Crippen molar-refractivity contribution in [3.63, 3.8) is 0 Å². The Morgan fingerprint density at radius 3 is 2.38 bits per heavy atom. The van der Waals surface area contributed by atoms with Crippen molar-refractivity contribution in [2.24, 2.45) is 11.3 Å². The van der Waals surface area contributed by atoms with E-state index in [9.17, 15) is 0 Å². The Hall–Kier alpha value is -0.0800. The molecule has 0 spiro atoms. The zero-order valence-corrected chi connectivity index (χ0v) is 11.5. The highest BCUT2D eigenvalue weighted by molar-refractivity contribution is 4.92. The first kappa shape index (κ1) is 14.0. The number of ether oxygens (including phenoxy) is 1. The molecule has 0 amide bonds. The zero-order valence-electron chi connectivity index (χ0n) is 11.5. The number of hydrogen-bond acceptors (Lipinski definition) is 2. The molecule has 1 saturated carbocycles. The van der Waals surface area contributed by atoms with Crippen LogP contribution in [0.5, 0.6) is 0 Å². The van der Waals surface area contributed by atoms with Crippen molar-refractivity contribution in [3.05, 3.63) is 0 Å². The van der Waals surface area contributed by atoms with Gasteiger partial charge in [0.2, 0.25) is 0 Å². The van der Waals surface area contributed by atoms with Crippen LogP contribution in [0.2, 0.25) is 0 Å². The van der Waals surface area contributed by atoms with Crippen molar-refractivity contribution in [1.29, 1.82) is 0 Å². The van der Waals surface area contributed by atoms with Gasteiger partial charge in [-0.05, 0) is 37.6 Å². The third kappa shape index (κ3) is 3.46. The van der Waals surface area contributed by atoms with E-state index >= 15 is 0 Å². The molecule has 0 bridgehead atoms. The van der Waals surface area contributed by atoms with Crippen molar-refractivity contribution < 1.29 is 4.74 Å². The molecule has 0 aromatic rings. The molecule has 0 aliphatic heterocycles. The van der Waals surface area contributed by atoms with Gasteiger partial charge < -0.3 is 10.1 Å². The molecule has 2 unspecified atom stereocenters. The van der Waals surface area contributed by atoms with Gasteiger partial charge in [0.15, 0.2) is 0 Å². The van der Waals surface area contributed by atoms with E-state index in [1.807, 2.05) is 0 Å². The fourth-order valence-electron chi connectivity index (χ4n) is 3.46. The SMILES string of the molecule is CNC(C(C)CCOC)C1(C)CCCCC1. The van der Waals surface area contributed by atoms with Gasteiger partial charge in [-0.3, -0.25) is 0 Å². The molecular weight excluding hydrogens is 198 g/mol. The van der Waals surface area contributed by atoms with Crippen LogP contribution in [0.3, 0.4) is 0 Å². The van der Waals surface area contributed by atoms with Gasteiger partial charge in [0.25, 0.3) is 0 Å². The average Bonchev–Trinajstić information content (AvgIpc) is 2.28. The van der Waals surface area contributed by atoms with Gasteiger partial charge in [-0.15, -0.1) is 0 Å². The minimum absolute atomic E-state index is 0.500. The third-order valence-electron chi connectivity index (χ3n) is 4.40. The van der Waals surface area contributed by atoms with Gasteiger partial charge in [0, 0.05) is 19.8 Å². The fraction of sp³-hybridized carbons (Fsp3) is 1.00. The second-order valence-electron chi connectivity index (χ2n) is 5.74. The highest BCUT2D eigenvalue weighted by Crippen LogP contribution is 2.41. The highest BCUT2D eigenvalue weighted by atomic mass is 16.5. The summed E-state index contributed by atoms with van der Waals surface area (Å²) in [7, 11) is 3.91. The summed E-state index contributed by atoms with van der Waals surface area (Å²) in [6.07, 6.45) is 8.18. The molecule has 0 aromatic carbocycles. The first-order valence-corrected chi connectivity index (χ1v) is 6.80. The Kier molecular flexibility index (Phi) is 5.77. The van der Waals surface area contributed by atoms with E-state index < -0.39 is 0 Å². The summed E-state index contributed by atoms with van der Waals surface area (Å²) in [5.41, 5.74) is 0.500. The van der Waals surface area contributed by atoms with Crippen molar-refractivity contribution in [1.82, 2.24) is 5.32 Å². The smallest absolute Gasteiger partial charge is 0.0465 e. The Bertz CT molecular complexity index is 187. The van der Waals surface area contributed by atoms with Gasteiger partial charge in [-0.2, -0.15) is 0 Å². The Morgan fingerprint density at radius 1 is 1.25 bits per heavy atom. The van der Waals surface area contributed by atoms with Crippen LogP contribution in [-0.4, -0.2) is 26.8 Å². The fourth-order valence-corrected chi connectivity index (χ4v) is 3.46. The molecule has 2 atom stereocenters. The molecule has 0 radical (unpaired) electrons. The van der Waals surface area contributed by atoms with E-state index in [2.05, 4.69) is 26.2 Å². The van der Waals surface area contributed by atoms with Crippen LogP contribution in [-0.2, 0) is 4.74 Å². The zero-order chi connectivity index (χ0) is 12.0. The molecule has 0 heterocycles. The molecule has 1 N–H and O–H groups in total. The second-order valence-corrected chi connectivity index (χ2v) is 5.74. The molecule has 1 aliphatic rings. The lowest BCUT2D eigenvalue weighted by Gasteiger charge is -2.43. The number of nitrogens with one attached hydrogen (secondary N) is 1. The van der Waals surface area contributed by atoms with E-state index in [1.54, 1.807) is 7.11 Å². The largest absolute Gasteiger partial charge is 0.385 e. The average molecular weight is 227 g/mol. The lowest BCUT2D eigenvalue weighted by molar-refractivity contribution is 0.0929. The molecule has 0 saturated heterocycles. The standard InChI is InChI=1S/C14H29NO/c1-12(8-11-16-4)13(15-3)14(2)9-6-5-7-10-14/h12-13,15H,5-11H2,1-4H3. The molecule has 0 aromatic heterocycles. The number of methoxy groups -OCH3 is 1. The van der Waals surface area contributed by atoms with Crippen LogP contribution in [0.4, 0.5) is 0 Å². The van der Waals surface area contributed by atoms with Crippen LogP contribution >= 0.6 is 0 Å². The summed E-state index contributed by atoms with van der Waals surface area (Å²) in [5, 5.41) is 3.57. The van der Waals surface area contributed by atoms with E-state index in [0.717, 1.165) is 13.0 Å². The first-order chi connectivity index (χ1) is 7.64. The Morgan fingerprint density at radius 2 is 1.88 bits per heavy atom. The molecule has 1 rings (SSSR count). The monoisotopic (exact) mass is 227 g/mol. The lowest BCUT2D eigenvalue weighted by atomic mass is 9.67. The third-order valence-corrected chi connectivity index (χ3v) is 4.40. The molecule has 16 heavy (non-hydrogen) atoms. The van der Waals surface area contributed by atoms with Gasteiger partial charge >= 0.3 is 0 Å². The molecule has 1 fully saturated rings. The molecular formula is C14H29NO. The summed E-state index contributed by atoms with van der Waals surface area (Å²) >= 11 is 0. The van der Waals surface area contributed by atoms with Crippen LogP contribution in [0.25, 0.3) is 0 Å². The maximum Gasteiger partial charge on any atom is 0.0465 e. The molecule has 2 heteroatoms. The van der Waals surface area contributed by atoms with Gasteiger partial charge in [-0.25, -0.2) is 0 Å². The van der Waals surface area contributed by atoms with E-state index in [-0.39, 0.29) is 0 Å². The van der Waals surface area contributed by atoms with Crippen molar-refractivity contribution in [3.8, 4) is 0 Å².